The van der Waals surface area contributed by atoms with Crippen LogP contribution in [-0.2, 0) is 0 Å². The van der Waals surface area contributed by atoms with Crippen molar-refractivity contribution in [1.82, 2.24) is 9.80 Å². The zero-order valence-corrected chi connectivity index (χ0v) is 15.3. The van der Waals surface area contributed by atoms with Crippen LogP contribution in [0.1, 0.15) is 20.7 Å². The lowest BCUT2D eigenvalue weighted by Gasteiger charge is -2.35. The molecule has 0 bridgehead atoms. The highest BCUT2D eigenvalue weighted by Crippen LogP contribution is 2.19. The van der Waals surface area contributed by atoms with E-state index in [0.717, 1.165) is 0 Å². The molecule has 0 radical (unpaired) electrons. The van der Waals surface area contributed by atoms with E-state index in [1.807, 2.05) is 0 Å². The first-order valence-electron chi connectivity index (χ1n) is 8.75. The van der Waals surface area contributed by atoms with Crippen LogP contribution < -0.4 is 9.47 Å². The number of carbonyl (C=O) groups excluding carboxylic acids is 2. The highest BCUT2D eigenvalue weighted by Gasteiger charge is 2.26. The predicted octanol–water partition coefficient (Wildman–Crippen LogP) is 2.89. The molecule has 0 unspecified atom stereocenters. The number of piperazine rings is 1. The lowest BCUT2D eigenvalue weighted by atomic mass is 10.1. The third-order valence-corrected chi connectivity index (χ3v) is 4.48. The molecule has 1 fully saturated rings. The molecule has 3 rings (SSSR count). The Labute approximate surface area is 161 Å². The van der Waals surface area contributed by atoms with Gasteiger partial charge in [-0.05, 0) is 36.4 Å². The fraction of sp³-hybridized carbons (Fsp3) is 0.300. The number of methoxy groups -OCH3 is 1. The summed E-state index contributed by atoms with van der Waals surface area (Å²) in [6.07, 6.45) is 0. The fourth-order valence-corrected chi connectivity index (χ4v) is 3.04. The van der Waals surface area contributed by atoms with Gasteiger partial charge in [0.2, 0.25) is 0 Å². The molecule has 0 atom stereocenters. The van der Waals surface area contributed by atoms with E-state index in [1.165, 1.54) is 25.3 Å². The summed E-state index contributed by atoms with van der Waals surface area (Å²) < 4.78 is 34.2. The van der Waals surface area contributed by atoms with Gasteiger partial charge in [0.25, 0.3) is 11.8 Å². The molecule has 1 aliphatic rings. The average Bonchev–Trinajstić information content (AvgIpc) is 2.72. The van der Waals surface area contributed by atoms with E-state index in [9.17, 15) is 18.4 Å². The maximum atomic E-state index is 12.6. The number of amides is 2. The van der Waals surface area contributed by atoms with Gasteiger partial charge in [-0.1, -0.05) is 12.1 Å². The number of halogens is 2. The second-order valence-electron chi connectivity index (χ2n) is 6.22. The Morgan fingerprint density at radius 2 is 1.32 bits per heavy atom. The number of nitrogens with zero attached hydrogens (tertiary/aromatic N) is 2. The summed E-state index contributed by atoms with van der Waals surface area (Å²) in [6, 6.07) is 12.6. The van der Waals surface area contributed by atoms with E-state index in [4.69, 9.17) is 4.74 Å². The third-order valence-electron chi connectivity index (χ3n) is 4.48. The highest BCUT2D eigenvalue weighted by atomic mass is 19.3. The Balaban J connectivity index is 1.61. The molecule has 2 aromatic rings. The molecule has 0 N–H and O–H groups in total. The quantitative estimate of drug-likeness (QED) is 0.788. The van der Waals surface area contributed by atoms with Gasteiger partial charge >= 0.3 is 6.61 Å². The van der Waals surface area contributed by atoms with Crippen LogP contribution in [0.5, 0.6) is 11.5 Å². The van der Waals surface area contributed by atoms with Gasteiger partial charge in [0.15, 0.2) is 0 Å². The summed E-state index contributed by atoms with van der Waals surface area (Å²) in [4.78, 5) is 28.5. The van der Waals surface area contributed by atoms with E-state index in [1.54, 1.807) is 40.1 Å². The number of carbonyl (C=O) groups is 2. The maximum absolute atomic E-state index is 12.6. The van der Waals surface area contributed by atoms with Crippen LogP contribution >= 0.6 is 0 Å². The van der Waals surface area contributed by atoms with Gasteiger partial charge in [-0.15, -0.1) is 0 Å². The van der Waals surface area contributed by atoms with Gasteiger partial charge in [-0.25, -0.2) is 0 Å². The zero-order chi connectivity index (χ0) is 20.1. The molecule has 6 nitrogen and oxygen atoms in total. The monoisotopic (exact) mass is 390 g/mol. The molecule has 1 saturated heterocycles. The minimum atomic E-state index is -2.95. The topological polar surface area (TPSA) is 59.1 Å². The number of benzene rings is 2. The molecule has 2 amide bonds. The first kappa shape index (κ1) is 19.6. The van der Waals surface area contributed by atoms with Crippen molar-refractivity contribution in [2.45, 2.75) is 6.61 Å². The van der Waals surface area contributed by atoms with Crippen molar-refractivity contribution in [2.24, 2.45) is 0 Å². The van der Waals surface area contributed by atoms with Crippen molar-refractivity contribution < 1.29 is 27.8 Å². The van der Waals surface area contributed by atoms with E-state index >= 15 is 0 Å². The van der Waals surface area contributed by atoms with Gasteiger partial charge in [0.1, 0.15) is 11.5 Å². The van der Waals surface area contributed by atoms with Crippen molar-refractivity contribution >= 4 is 11.8 Å². The standard InChI is InChI=1S/C20H20F2N2O4/c1-27-16-6-2-4-14(12-16)18(25)23-8-10-24(11-9-23)19(26)15-5-3-7-17(13-15)28-20(21)22/h2-7,12-13,20H,8-11H2,1H3. The van der Waals surface area contributed by atoms with Crippen LogP contribution in [0, 0.1) is 0 Å². The predicted molar refractivity (Wildman–Crippen MR) is 97.9 cm³/mol. The molecular weight excluding hydrogens is 370 g/mol. The Morgan fingerprint density at radius 1 is 0.857 bits per heavy atom. The average molecular weight is 390 g/mol. The molecule has 148 valence electrons. The van der Waals surface area contributed by atoms with Crippen molar-refractivity contribution in [3.8, 4) is 11.5 Å². The first-order valence-corrected chi connectivity index (χ1v) is 8.75. The molecule has 1 aliphatic heterocycles. The minimum Gasteiger partial charge on any atom is -0.497 e. The van der Waals surface area contributed by atoms with Gasteiger partial charge < -0.3 is 19.3 Å². The van der Waals surface area contributed by atoms with E-state index in [2.05, 4.69) is 4.74 Å². The number of rotatable bonds is 5. The van der Waals surface area contributed by atoms with Gasteiger partial charge in [-0.3, -0.25) is 9.59 Å². The molecule has 1 heterocycles. The van der Waals surface area contributed by atoms with Crippen LogP contribution in [0.4, 0.5) is 8.78 Å². The third kappa shape index (κ3) is 4.57. The van der Waals surface area contributed by atoms with E-state index in [0.29, 0.717) is 37.5 Å². The molecule has 0 spiro atoms. The summed E-state index contributed by atoms with van der Waals surface area (Å²) in [7, 11) is 1.54. The Hall–Kier alpha value is -3.16. The molecule has 0 aromatic heterocycles. The smallest absolute Gasteiger partial charge is 0.387 e. The summed E-state index contributed by atoms with van der Waals surface area (Å²) in [5, 5.41) is 0. The molecule has 8 heteroatoms. The van der Waals surface area contributed by atoms with Crippen molar-refractivity contribution in [1.29, 1.82) is 0 Å². The number of hydrogen-bond acceptors (Lipinski definition) is 4. The molecule has 0 saturated carbocycles. The van der Waals surface area contributed by atoms with Crippen LogP contribution in [0.15, 0.2) is 48.5 Å². The maximum Gasteiger partial charge on any atom is 0.387 e. The summed E-state index contributed by atoms with van der Waals surface area (Å²) in [5.74, 6) is 0.129. The molecule has 28 heavy (non-hydrogen) atoms. The SMILES string of the molecule is COc1cccc(C(=O)N2CCN(C(=O)c3cccc(OC(F)F)c3)CC2)c1. The van der Waals surface area contributed by atoms with Crippen molar-refractivity contribution in [3.05, 3.63) is 59.7 Å². The van der Waals surface area contributed by atoms with Crippen LogP contribution in [-0.4, -0.2) is 61.5 Å². The number of ether oxygens (including phenoxy) is 2. The molecule has 2 aromatic carbocycles. The number of alkyl halides is 2. The Kier molecular flexibility index (Phi) is 6.08. The fourth-order valence-electron chi connectivity index (χ4n) is 3.04. The van der Waals surface area contributed by atoms with Crippen LogP contribution in [0.25, 0.3) is 0 Å². The summed E-state index contributed by atoms with van der Waals surface area (Å²) in [5.41, 5.74) is 0.793. The Morgan fingerprint density at radius 3 is 1.79 bits per heavy atom. The van der Waals surface area contributed by atoms with E-state index in [-0.39, 0.29) is 23.1 Å². The first-order chi connectivity index (χ1) is 13.5. The second-order valence-corrected chi connectivity index (χ2v) is 6.22. The van der Waals surface area contributed by atoms with Gasteiger partial charge in [0, 0.05) is 37.3 Å². The number of hydrogen-bond donors (Lipinski definition) is 0. The normalized spacial score (nSPS) is 14.1. The van der Waals surface area contributed by atoms with E-state index < -0.39 is 6.61 Å². The minimum absolute atomic E-state index is 0.0623. The summed E-state index contributed by atoms with van der Waals surface area (Å²) >= 11 is 0. The van der Waals surface area contributed by atoms with Crippen molar-refractivity contribution in [3.63, 3.8) is 0 Å². The van der Waals surface area contributed by atoms with Gasteiger partial charge in [-0.2, -0.15) is 8.78 Å². The van der Waals surface area contributed by atoms with Crippen molar-refractivity contribution in [2.75, 3.05) is 33.3 Å². The second kappa shape index (κ2) is 8.69. The largest absolute Gasteiger partial charge is 0.497 e. The Bertz CT molecular complexity index is 852. The van der Waals surface area contributed by atoms with Crippen LogP contribution in [0.2, 0.25) is 0 Å². The van der Waals surface area contributed by atoms with Crippen LogP contribution in [0.3, 0.4) is 0 Å². The lowest BCUT2D eigenvalue weighted by molar-refractivity contribution is -0.0499. The summed E-state index contributed by atoms with van der Waals surface area (Å²) in [6.45, 7) is -1.47. The lowest BCUT2D eigenvalue weighted by Crippen LogP contribution is -2.50. The highest BCUT2D eigenvalue weighted by molar-refractivity contribution is 5.96. The zero-order valence-electron chi connectivity index (χ0n) is 15.3. The molecular formula is C20H20F2N2O4. The van der Waals surface area contributed by atoms with Gasteiger partial charge in [0.05, 0.1) is 7.11 Å². The molecule has 0 aliphatic carbocycles.